The highest BCUT2D eigenvalue weighted by Gasteiger charge is 2.37. The number of carbonyl (C=O) groups excluding carboxylic acids is 1. The summed E-state index contributed by atoms with van der Waals surface area (Å²) in [5, 5.41) is 7.25. The van der Waals surface area contributed by atoms with Crippen LogP contribution in [0.5, 0.6) is 0 Å². The van der Waals surface area contributed by atoms with Gasteiger partial charge in [-0.05, 0) is 51.0 Å². The third kappa shape index (κ3) is 3.75. The van der Waals surface area contributed by atoms with Gasteiger partial charge in [-0.1, -0.05) is 29.8 Å². The fourth-order valence-electron chi connectivity index (χ4n) is 3.88. The van der Waals surface area contributed by atoms with Gasteiger partial charge in [-0.15, -0.1) is 0 Å². The summed E-state index contributed by atoms with van der Waals surface area (Å²) in [6.07, 6.45) is 9.00. The van der Waals surface area contributed by atoms with Crippen molar-refractivity contribution in [3.05, 3.63) is 65.0 Å². The Balaban J connectivity index is 1.54. The standard InChI is InChI=1S/C21H24ClN3O2/c1-21(2)13-16(9-11-27-21)23-20(26)19-24-18(14-6-5-7-15(22)12-14)17-8-3-4-10-25(17)19/h3-8,10,12,16,19,24H,9,11,13H2,1-2H3,(H,23,26). The lowest BCUT2D eigenvalue weighted by Crippen LogP contribution is -2.53. The van der Waals surface area contributed by atoms with Crippen LogP contribution in [0.4, 0.5) is 0 Å². The molecule has 142 valence electrons. The van der Waals surface area contributed by atoms with E-state index in [-0.39, 0.29) is 17.6 Å². The Morgan fingerprint density at radius 1 is 1.37 bits per heavy atom. The minimum atomic E-state index is -0.485. The summed E-state index contributed by atoms with van der Waals surface area (Å²) in [4.78, 5) is 15.0. The number of benzene rings is 1. The van der Waals surface area contributed by atoms with Gasteiger partial charge in [-0.2, -0.15) is 0 Å². The van der Waals surface area contributed by atoms with Crippen LogP contribution < -0.4 is 10.6 Å². The molecular formula is C21H24ClN3O2. The molecule has 1 aromatic carbocycles. The van der Waals surface area contributed by atoms with Crippen LogP contribution in [0.2, 0.25) is 5.02 Å². The lowest BCUT2D eigenvalue weighted by atomic mass is 9.94. The first-order valence-corrected chi connectivity index (χ1v) is 9.65. The molecule has 1 amide bonds. The van der Waals surface area contributed by atoms with Gasteiger partial charge in [-0.3, -0.25) is 4.79 Å². The summed E-state index contributed by atoms with van der Waals surface area (Å²) >= 11 is 6.17. The van der Waals surface area contributed by atoms with Gasteiger partial charge in [0.2, 0.25) is 0 Å². The zero-order chi connectivity index (χ0) is 19.0. The number of nitrogens with zero attached hydrogens (tertiary/aromatic N) is 1. The maximum atomic E-state index is 13.1. The zero-order valence-corrected chi connectivity index (χ0v) is 16.3. The van der Waals surface area contributed by atoms with E-state index in [4.69, 9.17) is 16.3 Å². The number of ether oxygens (including phenoxy) is 1. The molecule has 0 aliphatic carbocycles. The Morgan fingerprint density at radius 3 is 3.00 bits per heavy atom. The monoisotopic (exact) mass is 385 g/mol. The molecule has 0 radical (unpaired) electrons. The van der Waals surface area contributed by atoms with Crippen molar-refractivity contribution in [3.63, 3.8) is 0 Å². The second-order valence-electron chi connectivity index (χ2n) is 7.73. The van der Waals surface area contributed by atoms with Gasteiger partial charge < -0.3 is 20.3 Å². The number of hydrogen-bond donors (Lipinski definition) is 2. The Morgan fingerprint density at radius 2 is 2.22 bits per heavy atom. The van der Waals surface area contributed by atoms with E-state index in [0.717, 1.165) is 29.8 Å². The number of halogens is 1. The largest absolute Gasteiger partial charge is 0.375 e. The zero-order valence-electron chi connectivity index (χ0n) is 15.5. The SMILES string of the molecule is CC1(C)CC(NC(=O)C2NC(c3cccc(Cl)c3)=C3C=CC=CN32)CCO1. The number of allylic oxidation sites excluding steroid dienone is 3. The maximum Gasteiger partial charge on any atom is 0.264 e. The molecule has 0 aromatic heterocycles. The number of hydrogen-bond acceptors (Lipinski definition) is 4. The van der Waals surface area contributed by atoms with Crippen LogP contribution in [0.3, 0.4) is 0 Å². The molecule has 1 aromatic rings. The molecule has 5 nitrogen and oxygen atoms in total. The summed E-state index contributed by atoms with van der Waals surface area (Å²) < 4.78 is 5.76. The summed E-state index contributed by atoms with van der Waals surface area (Å²) in [7, 11) is 0. The predicted molar refractivity (Wildman–Crippen MR) is 107 cm³/mol. The van der Waals surface area contributed by atoms with Crippen LogP contribution in [0.15, 0.2) is 54.4 Å². The van der Waals surface area contributed by atoms with E-state index < -0.39 is 6.17 Å². The molecular weight excluding hydrogens is 362 g/mol. The molecule has 3 aliphatic heterocycles. The number of fused-ring (bicyclic) bond motifs is 1. The number of rotatable bonds is 3. The smallest absolute Gasteiger partial charge is 0.264 e. The quantitative estimate of drug-likeness (QED) is 0.837. The summed E-state index contributed by atoms with van der Waals surface area (Å²) in [6, 6.07) is 7.77. The van der Waals surface area contributed by atoms with Crippen LogP contribution in [-0.4, -0.2) is 35.2 Å². The van der Waals surface area contributed by atoms with E-state index >= 15 is 0 Å². The van der Waals surface area contributed by atoms with Gasteiger partial charge in [0.15, 0.2) is 6.17 Å². The van der Waals surface area contributed by atoms with Crippen LogP contribution in [0.25, 0.3) is 5.70 Å². The maximum absolute atomic E-state index is 13.1. The Labute approximate surface area is 164 Å². The van der Waals surface area contributed by atoms with Crippen LogP contribution in [0.1, 0.15) is 32.3 Å². The van der Waals surface area contributed by atoms with Gasteiger partial charge in [0, 0.05) is 29.4 Å². The predicted octanol–water partition coefficient (Wildman–Crippen LogP) is 3.40. The molecule has 4 rings (SSSR count). The van der Waals surface area contributed by atoms with Crippen molar-refractivity contribution >= 4 is 23.2 Å². The van der Waals surface area contributed by atoms with E-state index in [0.29, 0.717) is 11.6 Å². The van der Waals surface area contributed by atoms with E-state index in [2.05, 4.69) is 24.5 Å². The van der Waals surface area contributed by atoms with Gasteiger partial charge in [-0.25, -0.2) is 0 Å². The highest BCUT2D eigenvalue weighted by molar-refractivity contribution is 6.30. The highest BCUT2D eigenvalue weighted by Crippen LogP contribution is 2.32. The average Bonchev–Trinajstić information content (AvgIpc) is 3.01. The second-order valence-corrected chi connectivity index (χ2v) is 8.17. The number of carbonyl (C=O) groups is 1. The lowest BCUT2D eigenvalue weighted by molar-refractivity contribution is -0.128. The summed E-state index contributed by atoms with van der Waals surface area (Å²) in [5.41, 5.74) is 2.63. The normalized spacial score (nSPS) is 26.0. The Kier molecular flexibility index (Phi) is 4.74. The molecule has 1 saturated heterocycles. The van der Waals surface area contributed by atoms with Crippen molar-refractivity contribution in [2.45, 2.75) is 44.5 Å². The van der Waals surface area contributed by atoms with E-state index in [1.54, 1.807) is 0 Å². The minimum absolute atomic E-state index is 0.0350. The summed E-state index contributed by atoms with van der Waals surface area (Å²) in [6.45, 7) is 4.79. The molecule has 0 saturated carbocycles. The molecule has 2 unspecified atom stereocenters. The van der Waals surface area contributed by atoms with E-state index in [1.807, 2.05) is 53.6 Å². The number of nitrogens with one attached hydrogen (secondary N) is 2. The summed E-state index contributed by atoms with van der Waals surface area (Å²) in [5.74, 6) is -0.0350. The molecule has 3 aliphatic rings. The Bertz CT molecular complexity index is 844. The molecule has 6 heteroatoms. The van der Waals surface area contributed by atoms with Gasteiger partial charge in [0.25, 0.3) is 5.91 Å². The van der Waals surface area contributed by atoms with E-state index in [1.165, 1.54) is 0 Å². The van der Waals surface area contributed by atoms with Crippen molar-refractivity contribution < 1.29 is 9.53 Å². The molecule has 3 heterocycles. The van der Waals surface area contributed by atoms with Gasteiger partial charge in [0.1, 0.15) is 0 Å². The molecule has 1 fully saturated rings. The Hall–Kier alpha value is -2.24. The molecule has 0 spiro atoms. The van der Waals surface area contributed by atoms with Crippen molar-refractivity contribution in [1.29, 1.82) is 0 Å². The van der Waals surface area contributed by atoms with Crippen molar-refractivity contribution in [1.82, 2.24) is 15.5 Å². The third-order valence-electron chi connectivity index (χ3n) is 5.11. The average molecular weight is 386 g/mol. The first kappa shape index (κ1) is 18.1. The number of amides is 1. The van der Waals surface area contributed by atoms with Gasteiger partial charge >= 0.3 is 0 Å². The van der Waals surface area contributed by atoms with Crippen LogP contribution >= 0.6 is 11.6 Å². The third-order valence-corrected chi connectivity index (χ3v) is 5.35. The fraction of sp³-hybridized carbons (Fsp3) is 0.381. The van der Waals surface area contributed by atoms with Crippen LogP contribution in [0, 0.1) is 0 Å². The lowest BCUT2D eigenvalue weighted by Gasteiger charge is -2.36. The first-order chi connectivity index (χ1) is 12.9. The van der Waals surface area contributed by atoms with Gasteiger partial charge in [0.05, 0.1) is 17.0 Å². The molecule has 27 heavy (non-hydrogen) atoms. The topological polar surface area (TPSA) is 53.6 Å². The van der Waals surface area contributed by atoms with Crippen molar-refractivity contribution in [2.75, 3.05) is 6.61 Å². The highest BCUT2D eigenvalue weighted by atomic mass is 35.5. The minimum Gasteiger partial charge on any atom is -0.375 e. The van der Waals surface area contributed by atoms with Crippen molar-refractivity contribution in [2.24, 2.45) is 0 Å². The molecule has 0 bridgehead atoms. The molecule has 2 atom stereocenters. The first-order valence-electron chi connectivity index (χ1n) is 9.27. The van der Waals surface area contributed by atoms with Crippen molar-refractivity contribution in [3.8, 4) is 0 Å². The fourth-order valence-corrected chi connectivity index (χ4v) is 4.07. The second kappa shape index (κ2) is 7.06. The van der Waals surface area contributed by atoms with Crippen LogP contribution in [-0.2, 0) is 9.53 Å². The van der Waals surface area contributed by atoms with E-state index in [9.17, 15) is 4.79 Å². The molecule has 2 N–H and O–H groups in total.